The van der Waals surface area contributed by atoms with Crippen molar-refractivity contribution in [3.63, 3.8) is 0 Å². The van der Waals surface area contributed by atoms with Crippen LogP contribution < -0.4 is 15.4 Å². The molecule has 0 unspecified atom stereocenters. The summed E-state index contributed by atoms with van der Waals surface area (Å²) in [6, 6.07) is 7.93. The molecule has 0 radical (unpaired) electrons. The Bertz CT molecular complexity index is 391. The summed E-state index contributed by atoms with van der Waals surface area (Å²) in [5.41, 5.74) is 0.979. The molecule has 0 aliphatic carbocycles. The minimum absolute atomic E-state index is 0.0342. The van der Waals surface area contributed by atoms with Crippen LogP contribution in [0.2, 0.25) is 0 Å². The lowest BCUT2D eigenvalue weighted by atomic mass is 10.2. The maximum atomic E-state index is 11.0. The molecule has 1 aromatic rings. The zero-order chi connectivity index (χ0) is 12.1. The van der Waals surface area contributed by atoms with Gasteiger partial charge in [0.05, 0.1) is 19.3 Å². The SMILES string of the molecule is CNC(=O)COc1cccc(NC2COC2)c1. The fraction of sp³-hybridized carbons (Fsp3) is 0.417. The summed E-state index contributed by atoms with van der Waals surface area (Å²) < 4.78 is 10.4. The summed E-state index contributed by atoms with van der Waals surface area (Å²) in [5.74, 6) is 0.537. The van der Waals surface area contributed by atoms with E-state index in [-0.39, 0.29) is 12.5 Å². The van der Waals surface area contributed by atoms with Crippen LogP contribution in [-0.4, -0.2) is 38.8 Å². The zero-order valence-corrected chi connectivity index (χ0v) is 9.73. The molecule has 1 aliphatic heterocycles. The standard InChI is InChI=1S/C12H16N2O3/c1-13-12(15)8-17-11-4-2-3-9(5-11)14-10-6-16-7-10/h2-5,10,14H,6-8H2,1H3,(H,13,15). The smallest absolute Gasteiger partial charge is 0.257 e. The van der Waals surface area contributed by atoms with Gasteiger partial charge in [-0.2, -0.15) is 0 Å². The average molecular weight is 236 g/mol. The normalized spacial score (nSPS) is 14.9. The molecule has 1 aliphatic rings. The van der Waals surface area contributed by atoms with Gasteiger partial charge in [0, 0.05) is 18.8 Å². The van der Waals surface area contributed by atoms with Crippen LogP contribution in [0.15, 0.2) is 24.3 Å². The van der Waals surface area contributed by atoms with E-state index in [1.807, 2.05) is 24.3 Å². The maximum Gasteiger partial charge on any atom is 0.257 e. The van der Waals surface area contributed by atoms with Gasteiger partial charge in [0.25, 0.3) is 5.91 Å². The quantitative estimate of drug-likeness (QED) is 0.787. The number of rotatable bonds is 5. The first-order valence-electron chi connectivity index (χ1n) is 5.55. The number of anilines is 1. The summed E-state index contributed by atoms with van der Waals surface area (Å²) in [5, 5.41) is 5.82. The molecule has 5 nitrogen and oxygen atoms in total. The highest BCUT2D eigenvalue weighted by molar-refractivity contribution is 5.77. The Hall–Kier alpha value is -1.75. The van der Waals surface area contributed by atoms with E-state index in [0.717, 1.165) is 18.9 Å². The van der Waals surface area contributed by atoms with Gasteiger partial charge in [-0.25, -0.2) is 0 Å². The van der Waals surface area contributed by atoms with E-state index in [9.17, 15) is 4.79 Å². The van der Waals surface area contributed by atoms with Crippen LogP contribution in [-0.2, 0) is 9.53 Å². The van der Waals surface area contributed by atoms with E-state index < -0.39 is 0 Å². The number of nitrogens with one attached hydrogen (secondary N) is 2. The molecule has 5 heteroatoms. The van der Waals surface area contributed by atoms with Gasteiger partial charge in [-0.15, -0.1) is 0 Å². The van der Waals surface area contributed by atoms with E-state index in [2.05, 4.69) is 10.6 Å². The van der Waals surface area contributed by atoms with Crippen LogP contribution >= 0.6 is 0 Å². The molecule has 0 saturated carbocycles. The van der Waals surface area contributed by atoms with E-state index in [4.69, 9.17) is 9.47 Å². The molecule has 2 N–H and O–H groups in total. The highest BCUT2D eigenvalue weighted by Gasteiger charge is 2.17. The molecule has 0 spiro atoms. The fourth-order valence-electron chi connectivity index (χ4n) is 1.45. The maximum absolute atomic E-state index is 11.0. The lowest BCUT2D eigenvalue weighted by Gasteiger charge is -2.27. The largest absolute Gasteiger partial charge is 0.484 e. The van der Waals surface area contributed by atoms with E-state index >= 15 is 0 Å². The number of benzene rings is 1. The van der Waals surface area contributed by atoms with Crippen LogP contribution in [0.25, 0.3) is 0 Å². The van der Waals surface area contributed by atoms with E-state index in [1.165, 1.54) is 0 Å². The number of ether oxygens (including phenoxy) is 2. The van der Waals surface area contributed by atoms with Crippen molar-refractivity contribution in [2.24, 2.45) is 0 Å². The minimum atomic E-state index is -0.143. The van der Waals surface area contributed by atoms with Crippen molar-refractivity contribution < 1.29 is 14.3 Å². The Morgan fingerprint density at radius 1 is 1.53 bits per heavy atom. The molecule has 1 heterocycles. The average Bonchev–Trinajstić information content (AvgIpc) is 2.31. The molecule has 1 saturated heterocycles. The van der Waals surface area contributed by atoms with Gasteiger partial charge in [0.1, 0.15) is 5.75 Å². The molecule has 1 fully saturated rings. The third-order valence-corrected chi connectivity index (χ3v) is 2.49. The molecule has 0 atom stereocenters. The predicted octanol–water partition coefficient (Wildman–Crippen LogP) is 0.622. The van der Waals surface area contributed by atoms with Gasteiger partial charge in [-0.05, 0) is 12.1 Å². The van der Waals surface area contributed by atoms with Crippen LogP contribution in [0.4, 0.5) is 5.69 Å². The number of hydrogen-bond donors (Lipinski definition) is 2. The van der Waals surface area contributed by atoms with Gasteiger partial charge < -0.3 is 20.1 Å². The minimum Gasteiger partial charge on any atom is -0.484 e. The fourth-order valence-corrected chi connectivity index (χ4v) is 1.45. The Morgan fingerprint density at radius 3 is 3.00 bits per heavy atom. The lowest BCUT2D eigenvalue weighted by Crippen LogP contribution is -2.40. The molecular weight excluding hydrogens is 220 g/mol. The summed E-state index contributed by atoms with van der Waals surface area (Å²) in [6.45, 7) is 1.51. The lowest BCUT2D eigenvalue weighted by molar-refractivity contribution is -0.122. The first-order chi connectivity index (χ1) is 8.28. The van der Waals surface area contributed by atoms with Crippen molar-refractivity contribution in [2.75, 3.05) is 32.2 Å². The van der Waals surface area contributed by atoms with Crippen molar-refractivity contribution in [3.05, 3.63) is 24.3 Å². The molecular formula is C12H16N2O3. The Kier molecular flexibility index (Phi) is 3.82. The van der Waals surface area contributed by atoms with Gasteiger partial charge in [0.15, 0.2) is 6.61 Å². The van der Waals surface area contributed by atoms with E-state index in [0.29, 0.717) is 11.8 Å². The third-order valence-electron chi connectivity index (χ3n) is 2.49. The second kappa shape index (κ2) is 5.54. The summed E-state index contributed by atoms with van der Waals surface area (Å²) in [4.78, 5) is 11.0. The van der Waals surface area contributed by atoms with Crippen molar-refractivity contribution in [3.8, 4) is 5.75 Å². The monoisotopic (exact) mass is 236 g/mol. The van der Waals surface area contributed by atoms with Gasteiger partial charge in [-0.1, -0.05) is 6.07 Å². The topological polar surface area (TPSA) is 59.6 Å². The molecule has 17 heavy (non-hydrogen) atoms. The van der Waals surface area contributed by atoms with Crippen molar-refractivity contribution >= 4 is 11.6 Å². The number of carbonyl (C=O) groups is 1. The second-order valence-electron chi connectivity index (χ2n) is 3.87. The van der Waals surface area contributed by atoms with Crippen LogP contribution in [0.3, 0.4) is 0 Å². The third kappa shape index (κ3) is 3.35. The van der Waals surface area contributed by atoms with E-state index in [1.54, 1.807) is 7.05 Å². The Labute approximate surface area is 100 Å². The van der Waals surface area contributed by atoms with Crippen LogP contribution in [0, 0.1) is 0 Å². The van der Waals surface area contributed by atoms with Crippen molar-refractivity contribution in [1.29, 1.82) is 0 Å². The van der Waals surface area contributed by atoms with Gasteiger partial charge in [0.2, 0.25) is 0 Å². The summed E-state index contributed by atoms with van der Waals surface area (Å²) in [7, 11) is 1.58. The highest BCUT2D eigenvalue weighted by Crippen LogP contribution is 2.19. The number of carbonyl (C=O) groups excluding carboxylic acids is 1. The molecule has 0 bridgehead atoms. The molecule has 1 aromatic carbocycles. The highest BCUT2D eigenvalue weighted by atomic mass is 16.5. The van der Waals surface area contributed by atoms with Gasteiger partial charge in [-0.3, -0.25) is 4.79 Å². The second-order valence-corrected chi connectivity index (χ2v) is 3.87. The Morgan fingerprint density at radius 2 is 2.35 bits per heavy atom. The number of likely N-dealkylation sites (N-methyl/N-ethyl adjacent to an activating group) is 1. The first-order valence-corrected chi connectivity index (χ1v) is 5.55. The molecule has 2 rings (SSSR count). The molecule has 1 amide bonds. The number of amides is 1. The summed E-state index contributed by atoms with van der Waals surface area (Å²) in [6.07, 6.45) is 0. The van der Waals surface area contributed by atoms with Crippen LogP contribution in [0.5, 0.6) is 5.75 Å². The summed E-state index contributed by atoms with van der Waals surface area (Å²) >= 11 is 0. The Balaban J connectivity index is 1.88. The first kappa shape index (κ1) is 11.7. The van der Waals surface area contributed by atoms with Crippen molar-refractivity contribution in [1.82, 2.24) is 5.32 Å². The zero-order valence-electron chi connectivity index (χ0n) is 9.73. The van der Waals surface area contributed by atoms with Crippen LogP contribution in [0.1, 0.15) is 0 Å². The van der Waals surface area contributed by atoms with Crippen molar-refractivity contribution in [2.45, 2.75) is 6.04 Å². The predicted molar refractivity (Wildman–Crippen MR) is 64.2 cm³/mol. The van der Waals surface area contributed by atoms with Gasteiger partial charge >= 0.3 is 0 Å². The molecule has 0 aromatic heterocycles. The number of hydrogen-bond acceptors (Lipinski definition) is 4. The molecule has 92 valence electrons.